The lowest BCUT2D eigenvalue weighted by molar-refractivity contribution is -0.144. The highest BCUT2D eigenvalue weighted by atomic mass is 32.2. The SMILES string of the molecule is CC[C@H](C)[C@H](CO)N1C(=O)[C@@H]2[C@H](C(=O)NCc3ccccc3)[C@@H]3CC(C)C2(S3)C1C(=O)NC1CCCCC1. The van der Waals surface area contributed by atoms with Crippen molar-refractivity contribution in [2.24, 2.45) is 23.7 Å². The molecular weight excluding hydrogens is 498 g/mol. The van der Waals surface area contributed by atoms with Crippen LogP contribution in [0, 0.1) is 23.7 Å². The smallest absolute Gasteiger partial charge is 0.244 e. The monoisotopic (exact) mass is 541 g/mol. The number of aliphatic hydroxyl groups excluding tert-OH is 1. The van der Waals surface area contributed by atoms with Crippen LogP contribution in [0.5, 0.6) is 0 Å². The number of carbonyl (C=O) groups excluding carboxylic acids is 3. The second-order valence-corrected chi connectivity index (χ2v) is 13.5. The van der Waals surface area contributed by atoms with E-state index < -0.39 is 28.7 Å². The molecule has 208 valence electrons. The van der Waals surface area contributed by atoms with E-state index in [0.717, 1.165) is 44.1 Å². The molecule has 3 N–H and O–H groups in total. The van der Waals surface area contributed by atoms with Crippen LogP contribution in [-0.4, -0.2) is 62.5 Å². The molecule has 1 spiro atoms. The third-order valence-corrected chi connectivity index (χ3v) is 11.9. The number of thioether (sulfide) groups is 1. The number of carbonyl (C=O) groups is 3. The molecule has 0 radical (unpaired) electrons. The van der Waals surface area contributed by atoms with E-state index in [0.29, 0.717) is 6.54 Å². The van der Waals surface area contributed by atoms with E-state index >= 15 is 0 Å². The largest absolute Gasteiger partial charge is 0.394 e. The van der Waals surface area contributed by atoms with Gasteiger partial charge in [-0.2, -0.15) is 0 Å². The Balaban J connectivity index is 1.48. The van der Waals surface area contributed by atoms with Gasteiger partial charge >= 0.3 is 0 Å². The molecule has 8 heteroatoms. The van der Waals surface area contributed by atoms with E-state index in [1.165, 1.54) is 6.42 Å². The van der Waals surface area contributed by atoms with Gasteiger partial charge in [-0.05, 0) is 36.7 Å². The Morgan fingerprint density at radius 1 is 1.16 bits per heavy atom. The van der Waals surface area contributed by atoms with Gasteiger partial charge in [-0.25, -0.2) is 0 Å². The van der Waals surface area contributed by atoms with E-state index in [9.17, 15) is 19.5 Å². The molecule has 8 atom stereocenters. The molecule has 1 aromatic carbocycles. The van der Waals surface area contributed by atoms with Gasteiger partial charge in [0.1, 0.15) is 6.04 Å². The van der Waals surface area contributed by atoms with Crippen molar-refractivity contribution in [1.82, 2.24) is 15.5 Å². The van der Waals surface area contributed by atoms with E-state index in [1.54, 1.807) is 16.7 Å². The van der Waals surface area contributed by atoms with Gasteiger partial charge in [0.25, 0.3) is 0 Å². The lowest BCUT2D eigenvalue weighted by atomic mass is 9.65. The Bertz CT molecular complexity index is 1030. The van der Waals surface area contributed by atoms with Gasteiger partial charge in [0.05, 0.1) is 29.2 Å². The van der Waals surface area contributed by atoms with E-state index in [1.807, 2.05) is 44.2 Å². The first-order valence-corrected chi connectivity index (χ1v) is 15.4. The Kier molecular flexibility index (Phi) is 8.11. The fraction of sp³-hybridized carbons (Fsp3) is 0.700. The minimum atomic E-state index is -0.676. The molecule has 1 aromatic rings. The molecular formula is C30H43N3O4S. The zero-order valence-electron chi connectivity index (χ0n) is 22.9. The van der Waals surface area contributed by atoms with Crippen molar-refractivity contribution >= 4 is 29.5 Å². The molecule has 3 unspecified atom stereocenters. The van der Waals surface area contributed by atoms with Crippen molar-refractivity contribution in [1.29, 1.82) is 0 Å². The number of fused-ring (bicyclic) bond motifs is 1. The summed E-state index contributed by atoms with van der Waals surface area (Å²) in [5.41, 5.74) is 1.01. The predicted molar refractivity (Wildman–Crippen MR) is 149 cm³/mol. The standard InChI is InChI=1S/C30H43N3O4S/c1-4-18(2)22(17-34)33-26(28(36)32-21-13-9-6-10-14-21)30-19(3)15-23(38-30)24(25(30)29(33)37)27(35)31-16-20-11-7-5-8-12-20/h5,7-8,11-12,18-19,21-26,34H,4,6,9-10,13-17H2,1-3H3,(H,31,35)(H,32,36)/t18-,19?,22-,23-,24+,25-,26?,30?/m0/s1. The maximum Gasteiger partial charge on any atom is 0.244 e. The highest BCUT2D eigenvalue weighted by Crippen LogP contribution is 2.68. The van der Waals surface area contributed by atoms with Crippen LogP contribution in [-0.2, 0) is 20.9 Å². The first-order chi connectivity index (χ1) is 18.3. The molecule has 1 saturated carbocycles. The molecule has 4 aliphatic rings. The lowest BCUT2D eigenvalue weighted by Crippen LogP contribution is -2.60. The van der Waals surface area contributed by atoms with Gasteiger partial charge in [-0.1, -0.05) is 76.8 Å². The number of aliphatic hydroxyl groups is 1. The Morgan fingerprint density at radius 3 is 2.53 bits per heavy atom. The molecule has 3 heterocycles. The summed E-state index contributed by atoms with van der Waals surface area (Å²) < 4.78 is -0.657. The van der Waals surface area contributed by atoms with Gasteiger partial charge < -0.3 is 20.6 Å². The van der Waals surface area contributed by atoms with Gasteiger partial charge in [0, 0.05) is 17.8 Å². The number of hydrogen-bond donors (Lipinski definition) is 3. The van der Waals surface area contributed by atoms with E-state index in [4.69, 9.17) is 0 Å². The van der Waals surface area contributed by atoms with Crippen molar-refractivity contribution < 1.29 is 19.5 Å². The van der Waals surface area contributed by atoms with Crippen molar-refractivity contribution in [3.05, 3.63) is 35.9 Å². The van der Waals surface area contributed by atoms with Crippen molar-refractivity contribution in [3.63, 3.8) is 0 Å². The first-order valence-electron chi connectivity index (χ1n) is 14.6. The van der Waals surface area contributed by atoms with Gasteiger partial charge in [0.2, 0.25) is 17.7 Å². The Hall–Kier alpha value is -2.06. The average molecular weight is 542 g/mol. The van der Waals surface area contributed by atoms with Crippen molar-refractivity contribution in [2.45, 2.75) is 100 Å². The van der Waals surface area contributed by atoms with Crippen LogP contribution >= 0.6 is 11.8 Å². The maximum atomic E-state index is 14.4. The summed E-state index contributed by atoms with van der Waals surface area (Å²) in [4.78, 5) is 43.9. The molecule has 3 aliphatic heterocycles. The maximum absolute atomic E-state index is 14.4. The van der Waals surface area contributed by atoms with Crippen LogP contribution in [0.2, 0.25) is 0 Å². The number of rotatable bonds is 9. The Labute approximate surface area is 230 Å². The minimum absolute atomic E-state index is 0.0121. The quantitative estimate of drug-likeness (QED) is 0.445. The summed E-state index contributed by atoms with van der Waals surface area (Å²) in [5, 5.41) is 16.9. The summed E-state index contributed by atoms with van der Waals surface area (Å²) >= 11 is 1.70. The summed E-state index contributed by atoms with van der Waals surface area (Å²) in [6.45, 7) is 6.45. The van der Waals surface area contributed by atoms with Crippen LogP contribution in [0.4, 0.5) is 0 Å². The zero-order chi connectivity index (χ0) is 27.0. The minimum Gasteiger partial charge on any atom is -0.394 e. The number of nitrogens with zero attached hydrogens (tertiary/aromatic N) is 1. The number of hydrogen-bond acceptors (Lipinski definition) is 5. The van der Waals surface area contributed by atoms with Crippen LogP contribution < -0.4 is 10.6 Å². The van der Waals surface area contributed by atoms with Gasteiger partial charge in [-0.15, -0.1) is 11.8 Å². The normalized spacial score (nSPS) is 34.2. The Morgan fingerprint density at radius 2 is 1.87 bits per heavy atom. The molecule has 7 nitrogen and oxygen atoms in total. The molecule has 38 heavy (non-hydrogen) atoms. The molecule has 5 rings (SSSR count). The van der Waals surface area contributed by atoms with Crippen LogP contribution in [0.15, 0.2) is 30.3 Å². The number of benzene rings is 1. The lowest BCUT2D eigenvalue weighted by Gasteiger charge is -2.42. The highest BCUT2D eigenvalue weighted by molar-refractivity contribution is 8.02. The molecule has 0 aromatic heterocycles. The fourth-order valence-corrected chi connectivity index (χ4v) is 10.1. The number of likely N-dealkylation sites (tertiary alicyclic amines) is 1. The van der Waals surface area contributed by atoms with E-state index in [2.05, 4.69) is 17.6 Å². The zero-order valence-corrected chi connectivity index (χ0v) is 23.7. The second kappa shape index (κ2) is 11.2. The predicted octanol–water partition coefficient (Wildman–Crippen LogP) is 3.50. The van der Waals surface area contributed by atoms with Crippen LogP contribution in [0.3, 0.4) is 0 Å². The number of nitrogens with one attached hydrogen (secondary N) is 2. The summed E-state index contributed by atoms with van der Waals surface area (Å²) in [6.07, 6.45) is 6.94. The topological polar surface area (TPSA) is 98.7 Å². The summed E-state index contributed by atoms with van der Waals surface area (Å²) in [5.74, 6) is -1.21. The molecule has 3 amide bonds. The fourth-order valence-electron chi connectivity index (χ4n) is 7.66. The summed E-state index contributed by atoms with van der Waals surface area (Å²) in [6, 6.07) is 8.80. The van der Waals surface area contributed by atoms with Gasteiger partial charge in [0.15, 0.2) is 0 Å². The third kappa shape index (κ3) is 4.55. The summed E-state index contributed by atoms with van der Waals surface area (Å²) in [7, 11) is 0. The van der Waals surface area contributed by atoms with Crippen molar-refractivity contribution in [3.8, 4) is 0 Å². The second-order valence-electron chi connectivity index (χ2n) is 12.0. The van der Waals surface area contributed by atoms with Crippen LogP contribution in [0.1, 0.15) is 71.3 Å². The van der Waals surface area contributed by atoms with E-state index in [-0.39, 0.29) is 47.5 Å². The molecule has 3 saturated heterocycles. The van der Waals surface area contributed by atoms with Crippen LogP contribution in [0.25, 0.3) is 0 Å². The first kappa shape index (κ1) is 27.5. The molecule has 1 aliphatic carbocycles. The van der Waals surface area contributed by atoms with Gasteiger partial charge in [-0.3, -0.25) is 14.4 Å². The number of amides is 3. The molecule has 4 fully saturated rings. The average Bonchev–Trinajstić information content (AvgIpc) is 3.52. The van der Waals surface area contributed by atoms with Crippen molar-refractivity contribution in [2.75, 3.05) is 6.61 Å². The highest BCUT2D eigenvalue weighted by Gasteiger charge is 2.76. The molecule has 2 bridgehead atoms. The third-order valence-electron chi connectivity index (χ3n) is 9.84.